The van der Waals surface area contributed by atoms with E-state index in [1.54, 1.807) is 6.92 Å². The molecule has 24 heavy (non-hydrogen) atoms. The van der Waals surface area contributed by atoms with E-state index >= 15 is 0 Å². The molecule has 0 aromatic heterocycles. The number of hydrogen-bond donors (Lipinski definition) is 0. The maximum Gasteiger partial charge on any atom is 0.129 e. The highest BCUT2D eigenvalue weighted by molar-refractivity contribution is 5.75. The molecule has 0 saturated heterocycles. The van der Waals surface area contributed by atoms with E-state index < -0.39 is 0 Å². The Labute approximate surface area is 152 Å². The zero-order valence-electron chi connectivity index (χ0n) is 16.6. The molecule has 0 atom stereocenters. The highest BCUT2D eigenvalue weighted by Gasteiger charge is 1.96. The molecule has 0 aromatic rings. The molecule has 0 saturated carbocycles. The Balaban J connectivity index is 2.98. The summed E-state index contributed by atoms with van der Waals surface area (Å²) in [5.41, 5.74) is 0. The van der Waals surface area contributed by atoms with Crippen LogP contribution in [0.5, 0.6) is 0 Å². The van der Waals surface area contributed by atoms with Crippen molar-refractivity contribution in [2.75, 3.05) is 0 Å². The van der Waals surface area contributed by atoms with Crippen molar-refractivity contribution < 1.29 is 4.79 Å². The normalized spacial score (nSPS) is 10.9. The van der Waals surface area contributed by atoms with Crippen molar-refractivity contribution in [3.05, 3.63) is 12.7 Å². The molecule has 0 rings (SSSR count). The average molecular weight is 337 g/mol. The van der Waals surface area contributed by atoms with Crippen LogP contribution >= 0.6 is 0 Å². The van der Waals surface area contributed by atoms with E-state index in [0.29, 0.717) is 5.78 Å². The van der Waals surface area contributed by atoms with Crippen LogP contribution in [-0.4, -0.2) is 5.78 Å². The van der Waals surface area contributed by atoms with Crippen molar-refractivity contribution in [1.82, 2.24) is 0 Å². The molecular formula is C23H44O. The molecule has 0 heterocycles. The Morgan fingerprint density at radius 2 is 0.875 bits per heavy atom. The molecule has 142 valence electrons. The Hall–Kier alpha value is -0.590. The van der Waals surface area contributed by atoms with Gasteiger partial charge < -0.3 is 4.79 Å². The minimum atomic E-state index is 0.346. The van der Waals surface area contributed by atoms with Gasteiger partial charge in [0.2, 0.25) is 0 Å². The largest absolute Gasteiger partial charge is 0.300 e. The molecule has 0 radical (unpaired) electrons. The molecule has 0 fully saturated rings. The van der Waals surface area contributed by atoms with Gasteiger partial charge in [-0.15, -0.1) is 6.58 Å². The summed E-state index contributed by atoms with van der Waals surface area (Å²) in [6.45, 7) is 5.47. The van der Waals surface area contributed by atoms with E-state index in [-0.39, 0.29) is 0 Å². The van der Waals surface area contributed by atoms with Gasteiger partial charge in [-0.25, -0.2) is 0 Å². The summed E-state index contributed by atoms with van der Waals surface area (Å²) in [7, 11) is 0. The summed E-state index contributed by atoms with van der Waals surface area (Å²) in [6, 6.07) is 0. The van der Waals surface area contributed by atoms with Gasteiger partial charge in [0, 0.05) is 6.42 Å². The minimum absolute atomic E-state index is 0.346. The van der Waals surface area contributed by atoms with Crippen molar-refractivity contribution >= 4 is 5.78 Å². The molecule has 1 heteroatoms. The van der Waals surface area contributed by atoms with Gasteiger partial charge in [-0.05, 0) is 26.2 Å². The molecule has 0 aliphatic heterocycles. The number of unbranched alkanes of at least 4 members (excludes halogenated alkanes) is 17. The number of carbonyl (C=O) groups excluding carboxylic acids is 1. The summed E-state index contributed by atoms with van der Waals surface area (Å²) < 4.78 is 0. The SMILES string of the molecule is C=CCCCCCCCCCCCCCCCCCCCC(C)=O. The van der Waals surface area contributed by atoms with Crippen molar-refractivity contribution in [1.29, 1.82) is 0 Å². The van der Waals surface area contributed by atoms with Gasteiger partial charge in [-0.1, -0.05) is 102 Å². The number of allylic oxidation sites excluding steroid dienone is 1. The molecule has 0 N–H and O–H groups in total. The summed E-state index contributed by atoms with van der Waals surface area (Å²) in [5.74, 6) is 0.346. The lowest BCUT2D eigenvalue weighted by molar-refractivity contribution is -0.117. The Bertz CT molecular complexity index is 269. The standard InChI is InChI=1S/C23H44O/c1-3-4-5-6-7-8-9-10-11-12-13-14-15-16-17-18-19-20-21-22-23(2)24/h3H,1,4-22H2,2H3. The molecule has 0 amide bonds. The van der Waals surface area contributed by atoms with Gasteiger partial charge in [-0.2, -0.15) is 0 Å². The van der Waals surface area contributed by atoms with E-state index in [1.165, 1.54) is 109 Å². The first kappa shape index (κ1) is 23.4. The third kappa shape index (κ3) is 21.4. The van der Waals surface area contributed by atoms with Crippen LogP contribution in [0.2, 0.25) is 0 Å². The lowest BCUT2D eigenvalue weighted by Gasteiger charge is -2.03. The van der Waals surface area contributed by atoms with Crippen LogP contribution in [0.15, 0.2) is 12.7 Å². The summed E-state index contributed by atoms with van der Waals surface area (Å²) in [4.78, 5) is 10.8. The van der Waals surface area contributed by atoms with E-state index in [1.807, 2.05) is 6.08 Å². The van der Waals surface area contributed by atoms with Gasteiger partial charge >= 0.3 is 0 Å². The van der Waals surface area contributed by atoms with Crippen LogP contribution < -0.4 is 0 Å². The minimum Gasteiger partial charge on any atom is -0.300 e. The van der Waals surface area contributed by atoms with Crippen molar-refractivity contribution in [3.63, 3.8) is 0 Å². The van der Waals surface area contributed by atoms with Crippen LogP contribution in [0.3, 0.4) is 0 Å². The van der Waals surface area contributed by atoms with Crippen LogP contribution in [-0.2, 0) is 4.79 Å². The van der Waals surface area contributed by atoms with Gasteiger partial charge in [0.15, 0.2) is 0 Å². The Morgan fingerprint density at radius 3 is 1.17 bits per heavy atom. The van der Waals surface area contributed by atoms with Crippen LogP contribution in [0.25, 0.3) is 0 Å². The molecule has 1 nitrogen and oxygen atoms in total. The lowest BCUT2D eigenvalue weighted by Crippen LogP contribution is -1.89. The molecule has 0 aromatic carbocycles. The molecule has 0 spiro atoms. The van der Waals surface area contributed by atoms with Gasteiger partial charge in [0.25, 0.3) is 0 Å². The van der Waals surface area contributed by atoms with E-state index in [2.05, 4.69) is 6.58 Å². The fraction of sp³-hybridized carbons (Fsp3) is 0.870. The summed E-state index contributed by atoms with van der Waals surface area (Å²) >= 11 is 0. The third-order valence-corrected chi connectivity index (χ3v) is 4.94. The van der Waals surface area contributed by atoms with Crippen LogP contribution in [0.4, 0.5) is 0 Å². The summed E-state index contributed by atoms with van der Waals surface area (Å²) in [5, 5.41) is 0. The second-order valence-corrected chi connectivity index (χ2v) is 7.54. The highest BCUT2D eigenvalue weighted by Crippen LogP contribution is 2.14. The zero-order valence-corrected chi connectivity index (χ0v) is 16.6. The smallest absolute Gasteiger partial charge is 0.129 e. The number of Topliss-reactive ketones (excluding diaryl/α,β-unsaturated/α-hetero) is 1. The summed E-state index contributed by atoms with van der Waals surface area (Å²) in [6.07, 6.45) is 27.5. The average Bonchev–Trinajstić information content (AvgIpc) is 2.56. The monoisotopic (exact) mass is 336 g/mol. The Morgan fingerprint density at radius 1 is 0.583 bits per heavy atom. The van der Waals surface area contributed by atoms with Crippen molar-refractivity contribution in [2.45, 2.75) is 129 Å². The number of ketones is 1. The maximum absolute atomic E-state index is 10.8. The molecular weight excluding hydrogens is 292 g/mol. The van der Waals surface area contributed by atoms with Gasteiger partial charge in [0.1, 0.15) is 5.78 Å². The first-order valence-corrected chi connectivity index (χ1v) is 10.9. The van der Waals surface area contributed by atoms with Crippen molar-refractivity contribution in [3.8, 4) is 0 Å². The third-order valence-electron chi connectivity index (χ3n) is 4.94. The topological polar surface area (TPSA) is 17.1 Å². The zero-order chi connectivity index (χ0) is 17.7. The first-order valence-electron chi connectivity index (χ1n) is 10.9. The fourth-order valence-corrected chi connectivity index (χ4v) is 3.31. The Kier molecular flexibility index (Phi) is 20.0. The number of hydrogen-bond acceptors (Lipinski definition) is 1. The van der Waals surface area contributed by atoms with Crippen LogP contribution in [0, 0.1) is 0 Å². The highest BCUT2D eigenvalue weighted by atomic mass is 16.1. The van der Waals surface area contributed by atoms with E-state index in [0.717, 1.165) is 12.8 Å². The van der Waals surface area contributed by atoms with Crippen molar-refractivity contribution in [2.24, 2.45) is 0 Å². The first-order chi connectivity index (χ1) is 11.8. The predicted molar refractivity (Wildman–Crippen MR) is 109 cm³/mol. The lowest BCUT2D eigenvalue weighted by atomic mass is 10.0. The second kappa shape index (κ2) is 20.5. The number of rotatable bonds is 20. The molecule has 0 bridgehead atoms. The van der Waals surface area contributed by atoms with Gasteiger partial charge in [-0.3, -0.25) is 0 Å². The predicted octanol–water partition coefficient (Wildman–Crippen LogP) is 8.17. The van der Waals surface area contributed by atoms with Gasteiger partial charge in [0.05, 0.1) is 0 Å². The van der Waals surface area contributed by atoms with Crippen LogP contribution in [0.1, 0.15) is 129 Å². The quantitative estimate of drug-likeness (QED) is 0.162. The molecule has 0 unspecified atom stereocenters. The second-order valence-electron chi connectivity index (χ2n) is 7.54. The fourth-order valence-electron chi connectivity index (χ4n) is 3.31. The molecule has 0 aliphatic carbocycles. The molecule has 0 aliphatic rings. The maximum atomic E-state index is 10.8. The van der Waals surface area contributed by atoms with E-state index in [9.17, 15) is 4.79 Å². The number of carbonyl (C=O) groups is 1. The van der Waals surface area contributed by atoms with E-state index in [4.69, 9.17) is 0 Å².